The SMILES string of the molecule is COC(=O)/C=C/C#CC#CC#CCO. The number of aliphatic hydroxyl groups excluding tert-OH is 1. The van der Waals surface area contributed by atoms with Crippen LogP contribution in [0.5, 0.6) is 0 Å². The molecule has 0 bridgehead atoms. The Bertz CT molecular complexity index is 385. The predicted octanol–water partition coefficient (Wildman–Crippen LogP) is -0.282. The molecule has 0 unspecified atom stereocenters. The van der Waals surface area contributed by atoms with Crippen molar-refractivity contribution >= 4 is 5.97 Å². The summed E-state index contributed by atoms with van der Waals surface area (Å²) in [5.41, 5.74) is 0. The standard InChI is InChI=1S/C11H8O3/c1-14-11(13)9-7-5-3-2-4-6-8-10-12/h7,9,12H,10H2,1H3/b9-7+. The minimum absolute atomic E-state index is 0.218. The molecule has 0 radical (unpaired) electrons. The summed E-state index contributed by atoms with van der Waals surface area (Å²) >= 11 is 0. The summed E-state index contributed by atoms with van der Waals surface area (Å²) in [4.78, 5) is 10.5. The third-order valence-electron chi connectivity index (χ3n) is 0.931. The average molecular weight is 188 g/mol. The molecule has 0 aliphatic carbocycles. The van der Waals surface area contributed by atoms with Crippen LogP contribution in [0.15, 0.2) is 12.2 Å². The Balaban J connectivity index is 3.99. The number of carbonyl (C=O) groups is 1. The van der Waals surface area contributed by atoms with E-state index in [9.17, 15) is 4.79 Å². The van der Waals surface area contributed by atoms with Gasteiger partial charge in [-0.1, -0.05) is 11.8 Å². The molecule has 14 heavy (non-hydrogen) atoms. The smallest absolute Gasteiger partial charge is 0.331 e. The van der Waals surface area contributed by atoms with E-state index >= 15 is 0 Å². The van der Waals surface area contributed by atoms with Crippen molar-refractivity contribution in [3.8, 4) is 35.5 Å². The number of hydrogen-bond acceptors (Lipinski definition) is 3. The molecule has 0 saturated carbocycles. The molecular weight excluding hydrogens is 180 g/mol. The Hall–Kier alpha value is -2.15. The second-order valence-electron chi connectivity index (χ2n) is 1.84. The lowest BCUT2D eigenvalue weighted by Crippen LogP contribution is -1.92. The van der Waals surface area contributed by atoms with Crippen molar-refractivity contribution in [3.63, 3.8) is 0 Å². The van der Waals surface area contributed by atoms with E-state index < -0.39 is 5.97 Å². The first-order chi connectivity index (χ1) is 6.81. The minimum Gasteiger partial charge on any atom is -0.466 e. The van der Waals surface area contributed by atoms with E-state index in [1.54, 1.807) is 0 Å². The molecule has 0 saturated heterocycles. The van der Waals surface area contributed by atoms with Gasteiger partial charge >= 0.3 is 5.97 Å². The van der Waals surface area contributed by atoms with Gasteiger partial charge in [-0.3, -0.25) is 0 Å². The van der Waals surface area contributed by atoms with Crippen LogP contribution in [0, 0.1) is 35.5 Å². The van der Waals surface area contributed by atoms with Gasteiger partial charge in [-0.05, 0) is 29.8 Å². The highest BCUT2D eigenvalue weighted by atomic mass is 16.5. The number of aliphatic hydroxyl groups is 1. The van der Waals surface area contributed by atoms with Gasteiger partial charge in [0.15, 0.2) is 0 Å². The van der Waals surface area contributed by atoms with Gasteiger partial charge in [-0.15, -0.1) is 0 Å². The fourth-order valence-corrected chi connectivity index (χ4v) is 0.402. The molecule has 0 aliphatic rings. The first-order valence-corrected chi connectivity index (χ1v) is 3.65. The Morgan fingerprint density at radius 2 is 2.07 bits per heavy atom. The van der Waals surface area contributed by atoms with Crippen molar-refractivity contribution < 1.29 is 14.6 Å². The van der Waals surface area contributed by atoms with Crippen molar-refractivity contribution in [1.29, 1.82) is 0 Å². The zero-order chi connectivity index (χ0) is 10.6. The fourth-order valence-electron chi connectivity index (χ4n) is 0.402. The minimum atomic E-state index is -0.465. The van der Waals surface area contributed by atoms with E-state index in [1.807, 2.05) is 0 Å². The van der Waals surface area contributed by atoms with E-state index in [4.69, 9.17) is 5.11 Å². The lowest BCUT2D eigenvalue weighted by Gasteiger charge is -1.84. The normalized spacial score (nSPS) is 7.29. The van der Waals surface area contributed by atoms with E-state index in [-0.39, 0.29) is 6.61 Å². The summed E-state index contributed by atoms with van der Waals surface area (Å²) in [7, 11) is 1.28. The van der Waals surface area contributed by atoms with E-state index in [0.717, 1.165) is 0 Å². The zero-order valence-electron chi connectivity index (χ0n) is 7.63. The third kappa shape index (κ3) is 7.95. The number of allylic oxidation sites excluding steroid dienone is 1. The number of methoxy groups -OCH3 is 1. The lowest BCUT2D eigenvalue weighted by molar-refractivity contribution is -0.134. The molecule has 3 nitrogen and oxygen atoms in total. The molecule has 70 valence electrons. The first kappa shape index (κ1) is 11.8. The summed E-state index contributed by atoms with van der Waals surface area (Å²) in [5.74, 6) is 14.0. The van der Waals surface area contributed by atoms with Crippen LogP contribution in [-0.4, -0.2) is 24.8 Å². The number of esters is 1. The Labute approximate surface area is 82.8 Å². The maximum absolute atomic E-state index is 10.5. The molecule has 0 aromatic heterocycles. The first-order valence-electron chi connectivity index (χ1n) is 3.65. The maximum Gasteiger partial charge on any atom is 0.331 e. The molecule has 0 spiro atoms. The number of carbonyl (C=O) groups excluding carboxylic acids is 1. The van der Waals surface area contributed by atoms with Gasteiger partial charge in [0.05, 0.1) is 7.11 Å². The highest BCUT2D eigenvalue weighted by Crippen LogP contribution is 1.75. The topological polar surface area (TPSA) is 46.5 Å². The summed E-state index contributed by atoms with van der Waals surface area (Å²) in [6, 6.07) is 0. The Morgan fingerprint density at radius 1 is 1.36 bits per heavy atom. The van der Waals surface area contributed by atoms with Crippen LogP contribution in [0.2, 0.25) is 0 Å². The van der Waals surface area contributed by atoms with Gasteiger partial charge in [-0.2, -0.15) is 0 Å². The molecule has 3 heteroatoms. The second kappa shape index (κ2) is 8.94. The number of ether oxygens (including phenoxy) is 1. The van der Waals surface area contributed by atoms with Gasteiger partial charge in [0.2, 0.25) is 0 Å². The van der Waals surface area contributed by atoms with Gasteiger partial charge in [0, 0.05) is 6.08 Å². The maximum atomic E-state index is 10.5. The summed E-state index contributed by atoms with van der Waals surface area (Å²) in [5, 5.41) is 8.26. The van der Waals surface area contributed by atoms with Crippen molar-refractivity contribution in [2.45, 2.75) is 0 Å². The van der Waals surface area contributed by atoms with Crippen molar-refractivity contribution in [3.05, 3.63) is 12.2 Å². The second-order valence-corrected chi connectivity index (χ2v) is 1.84. The highest BCUT2D eigenvalue weighted by molar-refractivity contribution is 5.82. The summed E-state index contributed by atoms with van der Waals surface area (Å²) in [6.45, 7) is -0.218. The van der Waals surface area contributed by atoms with E-state index in [2.05, 4.69) is 40.3 Å². The summed E-state index contributed by atoms with van der Waals surface area (Å²) in [6.07, 6.45) is 2.52. The lowest BCUT2D eigenvalue weighted by atomic mass is 10.4. The third-order valence-corrected chi connectivity index (χ3v) is 0.931. The van der Waals surface area contributed by atoms with Crippen LogP contribution < -0.4 is 0 Å². The van der Waals surface area contributed by atoms with Gasteiger partial charge in [-0.25, -0.2) is 4.79 Å². The molecule has 0 aromatic rings. The fraction of sp³-hybridized carbons (Fsp3) is 0.182. The molecule has 0 atom stereocenters. The van der Waals surface area contributed by atoms with Crippen molar-refractivity contribution in [2.75, 3.05) is 13.7 Å². The predicted molar refractivity (Wildman–Crippen MR) is 51.6 cm³/mol. The highest BCUT2D eigenvalue weighted by Gasteiger charge is 1.85. The monoisotopic (exact) mass is 188 g/mol. The van der Waals surface area contributed by atoms with Crippen molar-refractivity contribution in [2.24, 2.45) is 0 Å². The van der Waals surface area contributed by atoms with Crippen LogP contribution in [-0.2, 0) is 9.53 Å². The quantitative estimate of drug-likeness (QED) is 0.349. The van der Waals surface area contributed by atoms with Crippen molar-refractivity contribution in [1.82, 2.24) is 0 Å². The summed E-state index contributed by atoms with van der Waals surface area (Å²) < 4.78 is 4.33. The molecule has 0 amide bonds. The van der Waals surface area contributed by atoms with Crippen LogP contribution in [0.1, 0.15) is 0 Å². The molecule has 0 fully saturated rings. The zero-order valence-corrected chi connectivity index (χ0v) is 7.63. The van der Waals surface area contributed by atoms with Crippen LogP contribution in [0.4, 0.5) is 0 Å². The molecule has 0 aromatic carbocycles. The number of rotatable bonds is 1. The van der Waals surface area contributed by atoms with Gasteiger partial charge < -0.3 is 9.84 Å². The molecular formula is C11H8O3. The van der Waals surface area contributed by atoms with Gasteiger partial charge in [0.1, 0.15) is 6.61 Å². The average Bonchev–Trinajstić information content (AvgIpc) is 2.21. The largest absolute Gasteiger partial charge is 0.466 e. The molecule has 0 heterocycles. The van der Waals surface area contributed by atoms with E-state index in [0.29, 0.717) is 0 Å². The Kier molecular flexibility index (Phi) is 7.57. The molecule has 0 aliphatic heterocycles. The van der Waals surface area contributed by atoms with Gasteiger partial charge in [0.25, 0.3) is 0 Å². The van der Waals surface area contributed by atoms with Crippen LogP contribution in [0.25, 0.3) is 0 Å². The Morgan fingerprint density at radius 3 is 2.71 bits per heavy atom. The van der Waals surface area contributed by atoms with E-state index in [1.165, 1.54) is 19.3 Å². The molecule has 0 rings (SSSR count). The molecule has 1 N–H and O–H groups in total. The van der Waals surface area contributed by atoms with Crippen LogP contribution >= 0.6 is 0 Å². The number of hydrogen-bond donors (Lipinski definition) is 1. The van der Waals surface area contributed by atoms with Crippen LogP contribution in [0.3, 0.4) is 0 Å².